The van der Waals surface area contributed by atoms with E-state index >= 15 is 0 Å². The number of aryl methyl sites for hydroxylation is 1. The van der Waals surface area contributed by atoms with Gasteiger partial charge in [-0.2, -0.15) is 5.10 Å². The summed E-state index contributed by atoms with van der Waals surface area (Å²) in [7, 11) is 1.83. The summed E-state index contributed by atoms with van der Waals surface area (Å²) >= 11 is 1.68. The minimum absolute atomic E-state index is 0.0739. The van der Waals surface area contributed by atoms with Gasteiger partial charge in [0.1, 0.15) is 6.04 Å². The number of thiophene rings is 1. The van der Waals surface area contributed by atoms with Gasteiger partial charge in [-0.05, 0) is 37.1 Å². The standard InChI is InChI=1S/C18H23N5O2S/c1-21-11-8-16(20-21)23-10-2-5-13(17(23)24)19-18(25)22-9-3-6-14(22)15-7-4-12-26-15/h4,7-8,11-14H,2-3,5-6,9-10H2,1H3,(H,19,25). The highest BCUT2D eigenvalue weighted by molar-refractivity contribution is 7.10. The highest BCUT2D eigenvalue weighted by Gasteiger charge is 2.36. The molecule has 8 heteroatoms. The van der Waals surface area contributed by atoms with Crippen LogP contribution in [0.5, 0.6) is 0 Å². The van der Waals surface area contributed by atoms with Crippen molar-refractivity contribution >= 4 is 29.1 Å². The molecule has 138 valence electrons. The maximum Gasteiger partial charge on any atom is 0.318 e. The SMILES string of the molecule is Cn1ccc(N2CCCC(NC(=O)N3CCCC3c3cccs3)C2=O)n1. The molecule has 1 N–H and O–H groups in total. The summed E-state index contributed by atoms with van der Waals surface area (Å²) in [5.41, 5.74) is 0. The molecule has 0 aromatic carbocycles. The van der Waals surface area contributed by atoms with E-state index in [1.165, 1.54) is 4.88 Å². The van der Waals surface area contributed by atoms with Crippen molar-refractivity contribution < 1.29 is 9.59 Å². The lowest BCUT2D eigenvalue weighted by molar-refractivity contribution is -0.121. The first kappa shape index (κ1) is 17.1. The van der Waals surface area contributed by atoms with Crippen LogP contribution in [0, 0.1) is 0 Å². The first-order valence-corrected chi connectivity index (χ1v) is 9.93. The molecular formula is C18H23N5O2S. The summed E-state index contributed by atoms with van der Waals surface area (Å²) in [5.74, 6) is 0.573. The monoisotopic (exact) mass is 373 g/mol. The van der Waals surface area contributed by atoms with E-state index in [2.05, 4.69) is 16.5 Å². The van der Waals surface area contributed by atoms with Gasteiger partial charge in [-0.3, -0.25) is 14.4 Å². The van der Waals surface area contributed by atoms with Crippen LogP contribution >= 0.6 is 11.3 Å². The van der Waals surface area contributed by atoms with Gasteiger partial charge in [0.2, 0.25) is 0 Å². The molecule has 0 radical (unpaired) electrons. The van der Waals surface area contributed by atoms with Crippen LogP contribution in [-0.4, -0.2) is 45.8 Å². The average molecular weight is 373 g/mol. The lowest BCUT2D eigenvalue weighted by Crippen LogP contribution is -2.55. The Labute approximate surface area is 156 Å². The van der Waals surface area contributed by atoms with Crippen molar-refractivity contribution in [2.24, 2.45) is 7.05 Å². The maximum atomic E-state index is 12.8. The van der Waals surface area contributed by atoms with Crippen LogP contribution < -0.4 is 10.2 Å². The number of carbonyl (C=O) groups excluding carboxylic acids is 2. The Bertz CT molecular complexity index is 787. The van der Waals surface area contributed by atoms with Crippen molar-refractivity contribution in [1.29, 1.82) is 0 Å². The lowest BCUT2D eigenvalue weighted by atomic mass is 10.0. The normalized spacial score (nSPS) is 23.5. The molecule has 0 saturated carbocycles. The predicted octanol–water partition coefficient (Wildman–Crippen LogP) is 2.52. The van der Waals surface area contributed by atoms with Gasteiger partial charge in [-0.25, -0.2) is 4.79 Å². The molecule has 2 aliphatic heterocycles. The van der Waals surface area contributed by atoms with Crippen molar-refractivity contribution in [1.82, 2.24) is 20.0 Å². The molecule has 26 heavy (non-hydrogen) atoms. The average Bonchev–Trinajstić information content (AvgIpc) is 3.37. The molecule has 2 aromatic heterocycles. The van der Waals surface area contributed by atoms with Crippen LogP contribution in [0.25, 0.3) is 0 Å². The molecule has 3 amide bonds. The second kappa shape index (κ2) is 7.11. The third-order valence-electron chi connectivity index (χ3n) is 5.10. The Balaban J connectivity index is 1.44. The van der Waals surface area contributed by atoms with E-state index in [-0.39, 0.29) is 18.0 Å². The van der Waals surface area contributed by atoms with E-state index in [1.807, 2.05) is 35.7 Å². The minimum atomic E-state index is -0.483. The van der Waals surface area contributed by atoms with Crippen LogP contribution in [0.2, 0.25) is 0 Å². The molecule has 4 heterocycles. The Morgan fingerprint density at radius 2 is 2.12 bits per heavy atom. The van der Waals surface area contributed by atoms with Crippen molar-refractivity contribution in [2.45, 2.75) is 37.8 Å². The van der Waals surface area contributed by atoms with Crippen LogP contribution in [0.1, 0.15) is 36.6 Å². The molecule has 2 fully saturated rings. The highest BCUT2D eigenvalue weighted by atomic mass is 32.1. The van der Waals surface area contributed by atoms with Gasteiger partial charge >= 0.3 is 6.03 Å². The lowest BCUT2D eigenvalue weighted by Gasteiger charge is -2.33. The van der Waals surface area contributed by atoms with Crippen LogP contribution in [0.3, 0.4) is 0 Å². The minimum Gasteiger partial charge on any atom is -0.326 e. The number of nitrogens with zero attached hydrogens (tertiary/aromatic N) is 4. The number of likely N-dealkylation sites (tertiary alicyclic amines) is 1. The topological polar surface area (TPSA) is 70.5 Å². The summed E-state index contributed by atoms with van der Waals surface area (Å²) in [6.07, 6.45) is 5.31. The van der Waals surface area contributed by atoms with Gasteiger partial charge in [0.05, 0.1) is 6.04 Å². The quantitative estimate of drug-likeness (QED) is 0.899. The van der Waals surface area contributed by atoms with E-state index in [9.17, 15) is 9.59 Å². The van der Waals surface area contributed by atoms with E-state index in [0.717, 1.165) is 25.8 Å². The van der Waals surface area contributed by atoms with Gasteiger partial charge in [0.25, 0.3) is 5.91 Å². The number of nitrogens with one attached hydrogen (secondary N) is 1. The molecule has 0 aliphatic carbocycles. The van der Waals surface area contributed by atoms with Crippen LogP contribution in [0.15, 0.2) is 29.8 Å². The van der Waals surface area contributed by atoms with E-state index < -0.39 is 6.04 Å². The number of piperidine rings is 1. The zero-order chi connectivity index (χ0) is 18.1. The van der Waals surface area contributed by atoms with E-state index in [1.54, 1.807) is 20.9 Å². The number of carbonyl (C=O) groups is 2. The molecule has 0 bridgehead atoms. The summed E-state index contributed by atoms with van der Waals surface area (Å²) in [5, 5.41) is 9.34. The maximum absolute atomic E-state index is 12.8. The van der Waals surface area contributed by atoms with Gasteiger partial charge in [-0.1, -0.05) is 6.07 Å². The number of rotatable bonds is 3. The fraction of sp³-hybridized carbons (Fsp3) is 0.500. The van der Waals surface area contributed by atoms with Gasteiger partial charge < -0.3 is 10.2 Å². The Kier molecular flexibility index (Phi) is 4.67. The fourth-order valence-electron chi connectivity index (χ4n) is 3.80. The molecule has 2 atom stereocenters. The van der Waals surface area contributed by atoms with Gasteiger partial charge in [-0.15, -0.1) is 11.3 Å². The number of hydrogen-bond acceptors (Lipinski definition) is 4. The number of anilines is 1. The fourth-order valence-corrected chi connectivity index (χ4v) is 4.68. The summed E-state index contributed by atoms with van der Waals surface area (Å²) < 4.78 is 1.68. The third-order valence-corrected chi connectivity index (χ3v) is 6.07. The molecule has 2 saturated heterocycles. The highest BCUT2D eigenvalue weighted by Crippen LogP contribution is 2.34. The summed E-state index contributed by atoms with van der Waals surface area (Å²) in [4.78, 5) is 30.4. The molecular weight excluding hydrogens is 350 g/mol. The van der Waals surface area contributed by atoms with E-state index in [0.29, 0.717) is 18.8 Å². The number of hydrogen-bond donors (Lipinski definition) is 1. The summed E-state index contributed by atoms with van der Waals surface area (Å²) in [6.45, 7) is 1.38. The first-order chi connectivity index (χ1) is 12.6. The summed E-state index contributed by atoms with van der Waals surface area (Å²) in [6, 6.07) is 5.43. The molecule has 2 unspecified atom stereocenters. The van der Waals surface area contributed by atoms with Gasteiger partial charge in [0.15, 0.2) is 5.82 Å². The second-order valence-corrected chi connectivity index (χ2v) is 7.83. The van der Waals surface area contributed by atoms with Gasteiger partial charge in [0, 0.05) is 37.3 Å². The Hall–Kier alpha value is -2.35. The molecule has 7 nitrogen and oxygen atoms in total. The smallest absolute Gasteiger partial charge is 0.318 e. The number of urea groups is 1. The van der Waals surface area contributed by atoms with Crippen molar-refractivity contribution in [3.63, 3.8) is 0 Å². The van der Waals surface area contributed by atoms with Crippen LogP contribution in [0.4, 0.5) is 10.6 Å². The zero-order valence-corrected chi connectivity index (χ0v) is 15.6. The second-order valence-electron chi connectivity index (χ2n) is 6.85. The Morgan fingerprint density at radius 1 is 1.27 bits per heavy atom. The predicted molar refractivity (Wildman–Crippen MR) is 100 cm³/mol. The van der Waals surface area contributed by atoms with Crippen LogP contribution in [-0.2, 0) is 11.8 Å². The number of amides is 3. The molecule has 2 aromatic rings. The zero-order valence-electron chi connectivity index (χ0n) is 14.8. The van der Waals surface area contributed by atoms with E-state index in [4.69, 9.17) is 0 Å². The first-order valence-electron chi connectivity index (χ1n) is 9.05. The molecule has 4 rings (SSSR count). The van der Waals surface area contributed by atoms with Crippen molar-refractivity contribution in [3.8, 4) is 0 Å². The molecule has 2 aliphatic rings. The molecule has 0 spiro atoms. The van der Waals surface area contributed by atoms with Crippen molar-refractivity contribution in [2.75, 3.05) is 18.0 Å². The Morgan fingerprint density at radius 3 is 2.85 bits per heavy atom. The number of aromatic nitrogens is 2. The largest absolute Gasteiger partial charge is 0.326 e. The van der Waals surface area contributed by atoms with Crippen molar-refractivity contribution in [3.05, 3.63) is 34.7 Å². The third kappa shape index (κ3) is 3.21.